The molecule has 2 heterocycles. The normalized spacial score (nSPS) is 22.1. The number of tetrazole rings is 1. The molecule has 1 amide bonds. The van der Waals surface area contributed by atoms with E-state index in [1.165, 1.54) is 4.80 Å². The van der Waals surface area contributed by atoms with Crippen molar-refractivity contribution in [2.24, 2.45) is 0 Å². The minimum absolute atomic E-state index is 0.0332. The largest absolute Gasteiger partial charge is 0.338 e. The molecule has 0 bridgehead atoms. The van der Waals surface area contributed by atoms with Gasteiger partial charge in [0.25, 0.3) is 0 Å². The fourth-order valence-electron chi connectivity index (χ4n) is 4.28. The van der Waals surface area contributed by atoms with Gasteiger partial charge >= 0.3 is 0 Å². The SMILES string of the molecule is CC(C(=O)N1CCS(=O)(=O)C2(CCCCC2)C1)n1nnc(-c2ccccc2)n1. The van der Waals surface area contributed by atoms with Crippen LogP contribution in [0.5, 0.6) is 0 Å². The molecule has 4 rings (SSSR count). The minimum atomic E-state index is -3.18. The second-order valence-electron chi connectivity index (χ2n) is 7.80. The van der Waals surface area contributed by atoms with Gasteiger partial charge in [-0.2, -0.15) is 4.80 Å². The third kappa shape index (κ3) is 3.32. The highest BCUT2D eigenvalue weighted by Gasteiger charge is 2.49. The quantitative estimate of drug-likeness (QED) is 0.776. The number of hydrogen-bond acceptors (Lipinski definition) is 6. The van der Waals surface area contributed by atoms with Crippen LogP contribution in [0.3, 0.4) is 0 Å². The van der Waals surface area contributed by atoms with E-state index in [-0.39, 0.29) is 24.7 Å². The van der Waals surface area contributed by atoms with Gasteiger partial charge in [0.1, 0.15) is 6.04 Å². The van der Waals surface area contributed by atoms with E-state index < -0.39 is 20.6 Å². The molecule has 1 saturated carbocycles. The zero-order valence-corrected chi connectivity index (χ0v) is 16.8. The summed E-state index contributed by atoms with van der Waals surface area (Å²) in [5.74, 6) is 0.341. The van der Waals surface area contributed by atoms with Crippen LogP contribution in [0, 0.1) is 0 Å². The lowest BCUT2D eigenvalue weighted by atomic mass is 9.87. The van der Waals surface area contributed by atoms with Gasteiger partial charge in [0.2, 0.25) is 11.7 Å². The lowest BCUT2D eigenvalue weighted by molar-refractivity contribution is -0.135. The number of rotatable bonds is 3. The fourth-order valence-corrected chi connectivity index (χ4v) is 6.44. The lowest BCUT2D eigenvalue weighted by Gasteiger charge is -2.44. The summed E-state index contributed by atoms with van der Waals surface area (Å²) < 4.78 is 24.7. The first kappa shape index (κ1) is 19.0. The van der Waals surface area contributed by atoms with E-state index in [1.807, 2.05) is 30.3 Å². The maximum Gasteiger partial charge on any atom is 0.249 e. The first-order valence-corrected chi connectivity index (χ1v) is 11.4. The molecule has 1 aliphatic heterocycles. The first-order valence-electron chi connectivity index (χ1n) is 9.78. The predicted molar refractivity (Wildman–Crippen MR) is 104 cm³/mol. The molecule has 9 heteroatoms. The topological polar surface area (TPSA) is 98.1 Å². The van der Waals surface area contributed by atoms with Gasteiger partial charge in [0, 0.05) is 18.7 Å². The number of carbonyl (C=O) groups is 1. The Labute approximate surface area is 164 Å². The Morgan fingerprint density at radius 1 is 1.14 bits per heavy atom. The van der Waals surface area contributed by atoms with Gasteiger partial charge in [-0.25, -0.2) is 8.42 Å². The Morgan fingerprint density at radius 2 is 1.86 bits per heavy atom. The van der Waals surface area contributed by atoms with Crippen molar-refractivity contribution in [3.8, 4) is 11.4 Å². The number of aromatic nitrogens is 4. The molecule has 28 heavy (non-hydrogen) atoms. The summed E-state index contributed by atoms with van der Waals surface area (Å²) in [5, 5.41) is 12.5. The summed E-state index contributed by atoms with van der Waals surface area (Å²) in [7, 11) is -3.18. The van der Waals surface area contributed by atoms with E-state index in [2.05, 4.69) is 15.4 Å². The van der Waals surface area contributed by atoms with Crippen molar-refractivity contribution in [3.05, 3.63) is 30.3 Å². The summed E-state index contributed by atoms with van der Waals surface area (Å²) in [5.41, 5.74) is 0.832. The molecule has 1 unspecified atom stereocenters. The Kier molecular flexibility index (Phi) is 4.95. The van der Waals surface area contributed by atoms with Crippen LogP contribution in [0.2, 0.25) is 0 Å². The van der Waals surface area contributed by atoms with Crippen molar-refractivity contribution in [1.82, 2.24) is 25.1 Å². The van der Waals surface area contributed by atoms with Crippen molar-refractivity contribution in [2.75, 3.05) is 18.8 Å². The van der Waals surface area contributed by atoms with Crippen LogP contribution in [0.15, 0.2) is 30.3 Å². The van der Waals surface area contributed by atoms with Gasteiger partial charge in [-0.3, -0.25) is 4.79 Å². The molecule has 8 nitrogen and oxygen atoms in total. The zero-order chi connectivity index (χ0) is 19.8. The maximum absolute atomic E-state index is 13.1. The van der Waals surface area contributed by atoms with Gasteiger partial charge in [-0.1, -0.05) is 49.6 Å². The molecular weight excluding hydrogens is 378 g/mol. The Bertz CT molecular complexity index is 951. The molecule has 1 saturated heterocycles. The standard InChI is InChI=1S/C19H25N5O3S/c1-15(24-21-17(20-22-24)16-8-4-2-5-9-16)18(25)23-12-13-28(26,27)19(14-23)10-6-3-7-11-19/h2,4-5,8-9,15H,3,6-7,10-14H2,1H3. The van der Waals surface area contributed by atoms with Gasteiger partial charge in [-0.15, -0.1) is 10.2 Å². The molecule has 2 aromatic rings. The van der Waals surface area contributed by atoms with Crippen LogP contribution in [-0.4, -0.2) is 63.0 Å². The molecule has 150 valence electrons. The molecule has 1 aromatic carbocycles. The third-order valence-electron chi connectivity index (χ3n) is 6.01. The number of hydrogen-bond donors (Lipinski definition) is 0. The first-order chi connectivity index (χ1) is 13.4. The molecule has 1 aromatic heterocycles. The van der Waals surface area contributed by atoms with E-state index in [0.717, 1.165) is 24.8 Å². The predicted octanol–water partition coefficient (Wildman–Crippen LogP) is 1.86. The van der Waals surface area contributed by atoms with Crippen molar-refractivity contribution in [1.29, 1.82) is 0 Å². The summed E-state index contributed by atoms with van der Waals surface area (Å²) in [4.78, 5) is 16.1. The second kappa shape index (κ2) is 7.27. The average molecular weight is 404 g/mol. The molecule has 2 fully saturated rings. The molecule has 1 aliphatic carbocycles. The van der Waals surface area contributed by atoms with Crippen molar-refractivity contribution >= 4 is 15.7 Å². The number of benzene rings is 1. The molecular formula is C19H25N5O3S. The Balaban J connectivity index is 1.52. The van der Waals surface area contributed by atoms with E-state index in [9.17, 15) is 13.2 Å². The van der Waals surface area contributed by atoms with Gasteiger partial charge < -0.3 is 4.90 Å². The van der Waals surface area contributed by atoms with Gasteiger partial charge in [-0.05, 0) is 25.0 Å². The number of sulfone groups is 1. The maximum atomic E-state index is 13.1. The van der Waals surface area contributed by atoms with Crippen LogP contribution in [0.1, 0.15) is 45.1 Å². The average Bonchev–Trinajstić information content (AvgIpc) is 3.21. The van der Waals surface area contributed by atoms with E-state index in [0.29, 0.717) is 18.7 Å². The molecule has 0 N–H and O–H groups in total. The van der Waals surface area contributed by atoms with Crippen molar-refractivity contribution in [3.63, 3.8) is 0 Å². The van der Waals surface area contributed by atoms with Crippen LogP contribution in [0.25, 0.3) is 11.4 Å². The van der Waals surface area contributed by atoms with E-state index in [1.54, 1.807) is 11.8 Å². The highest BCUT2D eigenvalue weighted by atomic mass is 32.2. The summed E-state index contributed by atoms with van der Waals surface area (Å²) in [6.07, 6.45) is 4.16. The summed E-state index contributed by atoms with van der Waals surface area (Å²) in [6.45, 7) is 2.24. The smallest absolute Gasteiger partial charge is 0.249 e. The van der Waals surface area contributed by atoms with Crippen LogP contribution in [-0.2, 0) is 14.6 Å². The lowest BCUT2D eigenvalue weighted by Crippen LogP contribution is -2.59. The zero-order valence-electron chi connectivity index (χ0n) is 16.0. The number of nitrogens with zero attached hydrogens (tertiary/aromatic N) is 5. The third-order valence-corrected chi connectivity index (χ3v) is 8.59. The molecule has 1 atom stereocenters. The minimum Gasteiger partial charge on any atom is -0.338 e. The van der Waals surface area contributed by atoms with E-state index in [4.69, 9.17) is 0 Å². The van der Waals surface area contributed by atoms with Crippen LogP contribution < -0.4 is 0 Å². The molecule has 2 aliphatic rings. The highest BCUT2D eigenvalue weighted by Crippen LogP contribution is 2.39. The van der Waals surface area contributed by atoms with Crippen molar-refractivity contribution < 1.29 is 13.2 Å². The monoisotopic (exact) mass is 403 g/mol. The van der Waals surface area contributed by atoms with E-state index >= 15 is 0 Å². The van der Waals surface area contributed by atoms with Gasteiger partial charge in [0.05, 0.1) is 10.5 Å². The van der Waals surface area contributed by atoms with Crippen LogP contribution in [0.4, 0.5) is 0 Å². The molecule has 1 spiro atoms. The Morgan fingerprint density at radius 3 is 2.57 bits per heavy atom. The fraction of sp³-hybridized carbons (Fsp3) is 0.579. The van der Waals surface area contributed by atoms with Gasteiger partial charge in [0.15, 0.2) is 9.84 Å². The number of amides is 1. The highest BCUT2D eigenvalue weighted by molar-refractivity contribution is 7.92. The van der Waals surface area contributed by atoms with Crippen LogP contribution >= 0.6 is 0 Å². The molecule has 0 radical (unpaired) electrons. The van der Waals surface area contributed by atoms with Crippen molar-refractivity contribution in [2.45, 2.75) is 49.8 Å². The summed E-state index contributed by atoms with van der Waals surface area (Å²) >= 11 is 0. The summed E-state index contributed by atoms with van der Waals surface area (Å²) in [6, 6.07) is 8.83. The second-order valence-corrected chi connectivity index (χ2v) is 10.3. The number of carbonyl (C=O) groups excluding carboxylic acids is 1. The Hall–Kier alpha value is -2.29.